The third-order valence-electron chi connectivity index (χ3n) is 7.53. The molecule has 5 aliphatic rings. The van der Waals surface area contributed by atoms with E-state index in [-0.39, 0.29) is 17.2 Å². The summed E-state index contributed by atoms with van der Waals surface area (Å²) in [6.45, 7) is 0. The Kier molecular flexibility index (Phi) is 3.24. The molecule has 1 unspecified atom stereocenters. The molecule has 142 valence electrons. The second-order valence-corrected chi connectivity index (χ2v) is 9.23. The molecular weight excluding hydrogens is 350 g/mol. The summed E-state index contributed by atoms with van der Waals surface area (Å²) in [5, 5.41) is 17.7. The number of nitrogens with one attached hydrogen (secondary N) is 1. The fraction of sp³-hybridized carbons (Fsp3) is 0.500. The van der Waals surface area contributed by atoms with E-state index in [2.05, 4.69) is 21.3 Å². The van der Waals surface area contributed by atoms with E-state index in [1.807, 2.05) is 18.3 Å². The van der Waals surface area contributed by atoms with Crippen molar-refractivity contribution in [3.63, 3.8) is 0 Å². The average molecular weight is 373 g/mol. The molecule has 0 aromatic carbocycles. The van der Waals surface area contributed by atoms with Crippen molar-refractivity contribution in [2.45, 2.75) is 49.9 Å². The van der Waals surface area contributed by atoms with E-state index in [4.69, 9.17) is 10.5 Å². The van der Waals surface area contributed by atoms with E-state index in [0.29, 0.717) is 11.5 Å². The van der Waals surface area contributed by atoms with E-state index in [1.54, 1.807) is 6.20 Å². The molecule has 1 atom stereocenters. The quantitative estimate of drug-likeness (QED) is 0.839. The van der Waals surface area contributed by atoms with Gasteiger partial charge in [-0.25, -0.2) is 0 Å². The van der Waals surface area contributed by atoms with Gasteiger partial charge in [-0.1, -0.05) is 6.07 Å². The van der Waals surface area contributed by atoms with Gasteiger partial charge in [-0.05, 0) is 67.9 Å². The van der Waals surface area contributed by atoms with Crippen molar-refractivity contribution in [1.82, 2.24) is 15.2 Å². The van der Waals surface area contributed by atoms with Crippen LogP contribution in [0.15, 0.2) is 36.0 Å². The van der Waals surface area contributed by atoms with Gasteiger partial charge in [-0.3, -0.25) is 10.1 Å². The Morgan fingerprint density at radius 1 is 1.18 bits per heavy atom. The fourth-order valence-corrected chi connectivity index (χ4v) is 6.95. The van der Waals surface area contributed by atoms with E-state index in [0.717, 1.165) is 28.9 Å². The molecule has 28 heavy (non-hydrogen) atoms. The van der Waals surface area contributed by atoms with Gasteiger partial charge in [0.05, 0.1) is 11.5 Å². The number of rotatable bonds is 2. The number of nitrogens with two attached hydrogens (primary N) is 1. The Bertz CT molecular complexity index is 980. The fourth-order valence-electron chi connectivity index (χ4n) is 6.95. The number of H-pyrrole nitrogens is 1. The molecule has 0 spiro atoms. The van der Waals surface area contributed by atoms with Gasteiger partial charge in [-0.2, -0.15) is 5.26 Å². The molecule has 0 amide bonds. The maximum absolute atomic E-state index is 9.86. The van der Waals surface area contributed by atoms with E-state index >= 15 is 0 Å². The van der Waals surface area contributed by atoms with Gasteiger partial charge in [0.1, 0.15) is 11.6 Å². The van der Waals surface area contributed by atoms with Crippen molar-refractivity contribution in [1.29, 1.82) is 5.26 Å². The average Bonchev–Trinajstić information content (AvgIpc) is 3.10. The van der Waals surface area contributed by atoms with Crippen molar-refractivity contribution in [2.24, 2.45) is 23.5 Å². The normalized spacial score (nSPS) is 35.4. The van der Waals surface area contributed by atoms with Gasteiger partial charge in [0.25, 0.3) is 0 Å². The SMILES string of the molecule is N#CC1=C(N)Oc2n[nH]c(C34CC5CC(CC(C5)C3)C4)c2C1c1cccnc1. The highest BCUT2D eigenvalue weighted by Crippen LogP contribution is 2.62. The number of aromatic amines is 1. The molecular formula is C22H23N5O. The van der Waals surface area contributed by atoms with Crippen LogP contribution in [0.4, 0.5) is 0 Å². The molecule has 2 aromatic heterocycles. The monoisotopic (exact) mass is 373 g/mol. The number of hydrogen-bond donors (Lipinski definition) is 2. The summed E-state index contributed by atoms with van der Waals surface area (Å²) in [5.74, 6) is 2.86. The van der Waals surface area contributed by atoms with Gasteiger partial charge in [0.2, 0.25) is 11.8 Å². The van der Waals surface area contributed by atoms with Crippen LogP contribution in [0.5, 0.6) is 5.88 Å². The summed E-state index contributed by atoms with van der Waals surface area (Å²) in [7, 11) is 0. The number of allylic oxidation sites excluding steroid dienone is 1. The Morgan fingerprint density at radius 3 is 2.50 bits per heavy atom. The van der Waals surface area contributed by atoms with Crippen LogP contribution in [-0.2, 0) is 5.41 Å². The molecule has 4 aliphatic carbocycles. The Labute approximate surface area is 163 Å². The summed E-state index contributed by atoms with van der Waals surface area (Å²) in [6, 6.07) is 6.20. The second kappa shape index (κ2) is 5.60. The van der Waals surface area contributed by atoms with Crippen LogP contribution in [-0.4, -0.2) is 15.2 Å². The van der Waals surface area contributed by atoms with Crippen molar-refractivity contribution in [2.75, 3.05) is 0 Å². The van der Waals surface area contributed by atoms with Crippen molar-refractivity contribution in [3.8, 4) is 11.9 Å². The first kappa shape index (κ1) is 16.2. The first-order chi connectivity index (χ1) is 13.7. The minimum Gasteiger partial charge on any atom is -0.420 e. The highest BCUT2D eigenvalue weighted by Gasteiger charge is 2.54. The maximum atomic E-state index is 9.86. The molecule has 2 aromatic rings. The predicted molar refractivity (Wildman–Crippen MR) is 102 cm³/mol. The summed E-state index contributed by atoms with van der Waals surface area (Å²) < 4.78 is 5.80. The molecule has 3 N–H and O–H groups in total. The molecule has 0 saturated heterocycles. The number of aromatic nitrogens is 3. The number of fused-ring (bicyclic) bond motifs is 1. The Hall–Kier alpha value is -2.81. The van der Waals surface area contributed by atoms with E-state index < -0.39 is 0 Å². The summed E-state index contributed by atoms with van der Waals surface area (Å²) in [6.07, 6.45) is 11.4. The highest BCUT2D eigenvalue weighted by atomic mass is 16.5. The zero-order valence-corrected chi connectivity index (χ0v) is 15.7. The van der Waals surface area contributed by atoms with Crippen LogP contribution < -0.4 is 10.5 Å². The molecule has 4 saturated carbocycles. The van der Waals surface area contributed by atoms with Gasteiger partial charge in [0.15, 0.2) is 0 Å². The highest BCUT2D eigenvalue weighted by molar-refractivity contribution is 5.56. The smallest absolute Gasteiger partial charge is 0.244 e. The zero-order chi connectivity index (χ0) is 18.9. The second-order valence-electron chi connectivity index (χ2n) is 9.23. The van der Waals surface area contributed by atoms with Crippen LogP contribution in [0.1, 0.15) is 61.3 Å². The Balaban J connectivity index is 1.53. The maximum Gasteiger partial charge on any atom is 0.244 e. The Morgan fingerprint density at radius 2 is 1.89 bits per heavy atom. The van der Waals surface area contributed by atoms with Crippen LogP contribution >= 0.6 is 0 Å². The van der Waals surface area contributed by atoms with E-state index in [1.165, 1.54) is 44.2 Å². The minimum absolute atomic E-state index is 0.131. The van der Waals surface area contributed by atoms with Crippen LogP contribution in [0.3, 0.4) is 0 Å². The van der Waals surface area contributed by atoms with Crippen LogP contribution in [0.25, 0.3) is 0 Å². The molecule has 3 heterocycles. The minimum atomic E-state index is -0.274. The number of ether oxygens (including phenoxy) is 1. The van der Waals surface area contributed by atoms with E-state index in [9.17, 15) is 5.26 Å². The first-order valence-electron chi connectivity index (χ1n) is 10.2. The number of nitriles is 1. The standard InChI is InChI=1S/C22H23N5O/c23-10-16-17(15-2-1-3-25-11-15)18-19(26-27-21(18)28-20(16)24)22-7-12-4-13(8-22)6-14(5-12)9-22/h1-3,11-14,17H,4-9,24H2,(H,26,27). The summed E-state index contributed by atoms with van der Waals surface area (Å²) in [5.41, 5.74) is 9.83. The third kappa shape index (κ3) is 2.13. The van der Waals surface area contributed by atoms with Crippen LogP contribution in [0, 0.1) is 29.1 Å². The molecule has 6 nitrogen and oxygen atoms in total. The third-order valence-corrected chi connectivity index (χ3v) is 7.53. The lowest BCUT2D eigenvalue weighted by atomic mass is 9.48. The number of hydrogen-bond acceptors (Lipinski definition) is 5. The zero-order valence-electron chi connectivity index (χ0n) is 15.7. The molecule has 6 heteroatoms. The summed E-state index contributed by atoms with van der Waals surface area (Å²) >= 11 is 0. The van der Waals surface area contributed by atoms with Gasteiger partial charge in [0, 0.05) is 23.5 Å². The lowest BCUT2D eigenvalue weighted by Gasteiger charge is -2.56. The molecule has 4 fully saturated rings. The first-order valence-corrected chi connectivity index (χ1v) is 10.2. The van der Waals surface area contributed by atoms with Gasteiger partial charge >= 0.3 is 0 Å². The van der Waals surface area contributed by atoms with Crippen LogP contribution in [0.2, 0.25) is 0 Å². The van der Waals surface area contributed by atoms with Crippen molar-refractivity contribution >= 4 is 0 Å². The molecule has 7 rings (SSSR count). The van der Waals surface area contributed by atoms with Gasteiger partial charge < -0.3 is 10.5 Å². The predicted octanol–water partition coefficient (Wildman–Crippen LogP) is 3.49. The molecule has 4 bridgehead atoms. The number of nitrogens with zero attached hydrogens (tertiary/aromatic N) is 3. The largest absolute Gasteiger partial charge is 0.420 e. The number of pyridine rings is 1. The topological polar surface area (TPSA) is 101 Å². The van der Waals surface area contributed by atoms with Crippen molar-refractivity contribution < 1.29 is 4.74 Å². The van der Waals surface area contributed by atoms with Crippen molar-refractivity contribution in [3.05, 3.63) is 52.8 Å². The lowest BCUT2D eigenvalue weighted by Crippen LogP contribution is -2.49. The summed E-state index contributed by atoms with van der Waals surface area (Å²) in [4.78, 5) is 4.29. The molecule has 0 radical (unpaired) electrons. The van der Waals surface area contributed by atoms with Gasteiger partial charge in [-0.15, -0.1) is 5.10 Å². The lowest BCUT2D eigenvalue weighted by molar-refractivity contribution is -0.00768. The molecule has 1 aliphatic heterocycles.